The van der Waals surface area contributed by atoms with Crippen LogP contribution in [0.4, 0.5) is 0 Å². The molecule has 1 aliphatic heterocycles. The van der Waals surface area contributed by atoms with Crippen LogP contribution in [-0.2, 0) is 20.9 Å². The molecule has 2 aromatic rings. The van der Waals surface area contributed by atoms with Crippen LogP contribution in [0.25, 0.3) is 0 Å². The van der Waals surface area contributed by atoms with Gasteiger partial charge in [0.25, 0.3) is 5.91 Å². The topological polar surface area (TPSA) is 75.7 Å². The zero-order valence-corrected chi connectivity index (χ0v) is 16.9. The normalized spacial score (nSPS) is 14.6. The Bertz CT molecular complexity index is 898. The van der Waals surface area contributed by atoms with Crippen LogP contribution < -0.4 is 5.32 Å². The number of likely N-dealkylation sites (tertiary alicyclic amines) is 1. The number of benzene rings is 2. The van der Waals surface area contributed by atoms with Gasteiger partial charge < -0.3 is 15.0 Å². The molecule has 7 heteroatoms. The standard InChI is InChI=1S/C22H23ClN2O4/c1-15(18-5-2-3-6-19(18)23)24-20(26)14-29-22(28)17-10-8-16(9-11-17)13-25-12-4-7-21(25)27/h2-3,5-6,8-11,15H,4,7,12-14H2,1H3,(H,24,26)/t15-/m1/s1. The Morgan fingerprint density at radius 1 is 1.17 bits per heavy atom. The van der Waals surface area contributed by atoms with E-state index < -0.39 is 11.9 Å². The van der Waals surface area contributed by atoms with Crippen molar-refractivity contribution >= 4 is 29.4 Å². The van der Waals surface area contributed by atoms with Gasteiger partial charge in [0.2, 0.25) is 5.91 Å². The Morgan fingerprint density at radius 2 is 1.90 bits per heavy atom. The smallest absolute Gasteiger partial charge is 0.338 e. The van der Waals surface area contributed by atoms with Gasteiger partial charge in [-0.05, 0) is 42.7 Å². The number of amides is 2. The largest absolute Gasteiger partial charge is 0.452 e. The fourth-order valence-electron chi connectivity index (χ4n) is 3.24. The predicted molar refractivity (Wildman–Crippen MR) is 109 cm³/mol. The molecule has 6 nitrogen and oxygen atoms in total. The third kappa shape index (κ3) is 5.57. The lowest BCUT2D eigenvalue weighted by Crippen LogP contribution is -2.31. The number of carbonyl (C=O) groups excluding carboxylic acids is 3. The van der Waals surface area contributed by atoms with E-state index in [0.29, 0.717) is 23.6 Å². The molecule has 0 aromatic heterocycles. The number of carbonyl (C=O) groups is 3. The molecule has 2 aromatic carbocycles. The average molecular weight is 415 g/mol. The fraction of sp³-hybridized carbons (Fsp3) is 0.318. The first kappa shape index (κ1) is 20.9. The average Bonchev–Trinajstić information content (AvgIpc) is 3.11. The molecule has 0 saturated carbocycles. The SMILES string of the molecule is C[C@@H](NC(=O)COC(=O)c1ccc(CN2CCCC2=O)cc1)c1ccccc1Cl. The van der Waals surface area contributed by atoms with E-state index in [1.165, 1.54) is 0 Å². The molecule has 0 bridgehead atoms. The lowest BCUT2D eigenvalue weighted by atomic mass is 10.1. The van der Waals surface area contributed by atoms with Crippen molar-refractivity contribution in [1.82, 2.24) is 10.2 Å². The molecular weight excluding hydrogens is 392 g/mol. The van der Waals surface area contributed by atoms with Gasteiger partial charge in [-0.1, -0.05) is 41.9 Å². The van der Waals surface area contributed by atoms with Crippen LogP contribution in [0.2, 0.25) is 5.02 Å². The summed E-state index contributed by atoms with van der Waals surface area (Å²) in [7, 11) is 0. The molecule has 1 heterocycles. The summed E-state index contributed by atoms with van der Waals surface area (Å²) in [6.07, 6.45) is 1.49. The number of nitrogens with one attached hydrogen (secondary N) is 1. The minimum Gasteiger partial charge on any atom is -0.452 e. The molecule has 29 heavy (non-hydrogen) atoms. The monoisotopic (exact) mass is 414 g/mol. The van der Waals surface area contributed by atoms with Crippen LogP contribution in [-0.4, -0.2) is 35.8 Å². The summed E-state index contributed by atoms with van der Waals surface area (Å²) in [5.41, 5.74) is 2.09. The van der Waals surface area contributed by atoms with Gasteiger partial charge in [-0.15, -0.1) is 0 Å². The first-order valence-electron chi connectivity index (χ1n) is 9.51. The molecule has 3 rings (SSSR count). The molecule has 1 saturated heterocycles. The zero-order valence-electron chi connectivity index (χ0n) is 16.2. The van der Waals surface area contributed by atoms with Crippen molar-refractivity contribution in [3.8, 4) is 0 Å². The van der Waals surface area contributed by atoms with Crippen LogP contribution in [0, 0.1) is 0 Å². The van der Waals surface area contributed by atoms with Crippen LogP contribution in [0.15, 0.2) is 48.5 Å². The van der Waals surface area contributed by atoms with Crippen molar-refractivity contribution in [3.05, 3.63) is 70.2 Å². The molecule has 1 aliphatic rings. The highest BCUT2D eigenvalue weighted by Crippen LogP contribution is 2.22. The molecule has 0 radical (unpaired) electrons. The van der Waals surface area contributed by atoms with E-state index in [2.05, 4.69) is 5.32 Å². The summed E-state index contributed by atoms with van der Waals surface area (Å²) in [6.45, 7) is 2.74. The Kier molecular flexibility index (Phi) is 6.88. The number of esters is 1. The lowest BCUT2D eigenvalue weighted by molar-refractivity contribution is -0.128. The van der Waals surface area contributed by atoms with Crippen molar-refractivity contribution < 1.29 is 19.1 Å². The number of hydrogen-bond donors (Lipinski definition) is 1. The Balaban J connectivity index is 1.48. The number of nitrogens with zero attached hydrogens (tertiary/aromatic N) is 1. The number of halogens is 1. The van der Waals surface area contributed by atoms with E-state index >= 15 is 0 Å². The predicted octanol–water partition coefficient (Wildman–Crippen LogP) is 3.50. The zero-order chi connectivity index (χ0) is 20.8. The maximum Gasteiger partial charge on any atom is 0.338 e. The van der Waals surface area contributed by atoms with Gasteiger partial charge in [0.1, 0.15) is 0 Å². The van der Waals surface area contributed by atoms with E-state index in [-0.39, 0.29) is 18.6 Å². The second-order valence-electron chi connectivity index (χ2n) is 7.00. The third-order valence-electron chi connectivity index (χ3n) is 4.82. The third-order valence-corrected chi connectivity index (χ3v) is 5.16. The molecule has 0 aliphatic carbocycles. The molecule has 2 amide bonds. The summed E-state index contributed by atoms with van der Waals surface area (Å²) in [5, 5.41) is 3.32. The quantitative estimate of drug-likeness (QED) is 0.703. The van der Waals surface area contributed by atoms with Gasteiger partial charge in [0.05, 0.1) is 11.6 Å². The maximum atomic E-state index is 12.2. The van der Waals surface area contributed by atoms with Crippen molar-refractivity contribution in [2.75, 3.05) is 13.2 Å². The summed E-state index contributed by atoms with van der Waals surface area (Å²) in [4.78, 5) is 37.8. The molecule has 1 fully saturated rings. The highest BCUT2D eigenvalue weighted by molar-refractivity contribution is 6.31. The first-order chi connectivity index (χ1) is 13.9. The van der Waals surface area contributed by atoms with Gasteiger partial charge in [-0.25, -0.2) is 4.79 Å². The molecule has 1 atom stereocenters. The fourth-order valence-corrected chi connectivity index (χ4v) is 3.54. The van der Waals surface area contributed by atoms with E-state index in [0.717, 1.165) is 24.1 Å². The summed E-state index contributed by atoms with van der Waals surface area (Å²) < 4.78 is 5.10. The summed E-state index contributed by atoms with van der Waals surface area (Å²) in [5.74, 6) is -0.824. The Labute approximate surface area is 174 Å². The van der Waals surface area contributed by atoms with Crippen molar-refractivity contribution in [1.29, 1.82) is 0 Å². The summed E-state index contributed by atoms with van der Waals surface area (Å²) >= 11 is 6.13. The van der Waals surface area contributed by atoms with Gasteiger partial charge in [-0.2, -0.15) is 0 Å². The number of rotatable bonds is 7. The highest BCUT2D eigenvalue weighted by atomic mass is 35.5. The van der Waals surface area contributed by atoms with Gasteiger partial charge in [0, 0.05) is 24.5 Å². The first-order valence-corrected chi connectivity index (χ1v) is 9.89. The van der Waals surface area contributed by atoms with Crippen molar-refractivity contribution in [2.45, 2.75) is 32.4 Å². The molecular formula is C22H23ClN2O4. The van der Waals surface area contributed by atoms with Crippen molar-refractivity contribution in [2.24, 2.45) is 0 Å². The summed E-state index contributed by atoms with van der Waals surface area (Å²) in [6, 6.07) is 13.8. The van der Waals surface area contributed by atoms with E-state index in [4.69, 9.17) is 16.3 Å². The van der Waals surface area contributed by atoms with E-state index in [9.17, 15) is 14.4 Å². The van der Waals surface area contributed by atoms with E-state index in [1.807, 2.05) is 25.1 Å². The second-order valence-corrected chi connectivity index (χ2v) is 7.41. The lowest BCUT2D eigenvalue weighted by Gasteiger charge is -2.16. The Hall–Kier alpha value is -2.86. The van der Waals surface area contributed by atoms with Gasteiger partial charge in [0.15, 0.2) is 6.61 Å². The number of ether oxygens (including phenoxy) is 1. The Morgan fingerprint density at radius 3 is 2.55 bits per heavy atom. The molecule has 1 N–H and O–H groups in total. The van der Waals surface area contributed by atoms with Gasteiger partial charge in [-0.3, -0.25) is 9.59 Å². The van der Waals surface area contributed by atoms with Crippen LogP contribution in [0.3, 0.4) is 0 Å². The van der Waals surface area contributed by atoms with Crippen LogP contribution in [0.5, 0.6) is 0 Å². The number of hydrogen-bond acceptors (Lipinski definition) is 4. The molecule has 152 valence electrons. The van der Waals surface area contributed by atoms with Crippen molar-refractivity contribution in [3.63, 3.8) is 0 Å². The van der Waals surface area contributed by atoms with Gasteiger partial charge >= 0.3 is 5.97 Å². The maximum absolute atomic E-state index is 12.2. The highest BCUT2D eigenvalue weighted by Gasteiger charge is 2.20. The minimum atomic E-state index is -0.575. The molecule has 0 spiro atoms. The second kappa shape index (κ2) is 9.56. The molecule has 0 unspecified atom stereocenters. The minimum absolute atomic E-state index is 0.158. The van der Waals surface area contributed by atoms with Crippen LogP contribution in [0.1, 0.15) is 47.3 Å². The van der Waals surface area contributed by atoms with E-state index in [1.54, 1.807) is 35.2 Å². The van der Waals surface area contributed by atoms with Crippen LogP contribution >= 0.6 is 11.6 Å².